The maximum Gasteiger partial charge on any atom is 0.191 e. The molecule has 0 spiro atoms. The highest BCUT2D eigenvalue weighted by atomic mass is 79.9. The van der Waals surface area contributed by atoms with Crippen LogP contribution in [0.25, 0.3) is 0 Å². The molecule has 2 rings (SSSR count). The zero-order chi connectivity index (χ0) is 17.4. The molecule has 24 heavy (non-hydrogen) atoms. The topological polar surface area (TPSA) is 67.1 Å². The summed E-state index contributed by atoms with van der Waals surface area (Å²) < 4.78 is 16.6. The molecule has 0 aliphatic carbocycles. The van der Waals surface area contributed by atoms with Crippen LogP contribution in [0.1, 0.15) is 18.3 Å². The number of guanidine groups is 1. The van der Waals surface area contributed by atoms with Gasteiger partial charge in [-0.25, -0.2) is 4.39 Å². The molecule has 0 atom stereocenters. The third kappa shape index (κ3) is 5.30. The van der Waals surface area contributed by atoms with Crippen LogP contribution in [-0.2, 0) is 19.4 Å². The van der Waals surface area contributed by atoms with Gasteiger partial charge in [-0.2, -0.15) is 0 Å². The Morgan fingerprint density at radius 1 is 1.33 bits per heavy atom. The number of nitrogens with zero attached hydrogens (tertiary/aromatic N) is 4. The van der Waals surface area contributed by atoms with Crippen LogP contribution in [0.2, 0.25) is 0 Å². The van der Waals surface area contributed by atoms with E-state index in [1.54, 1.807) is 25.5 Å². The molecule has 0 amide bonds. The molecule has 0 unspecified atom stereocenters. The Labute approximate surface area is 149 Å². The van der Waals surface area contributed by atoms with Gasteiger partial charge >= 0.3 is 0 Å². The fraction of sp³-hybridized carbons (Fsp3) is 0.438. The first-order chi connectivity index (χ1) is 11.6. The Kier molecular flexibility index (Phi) is 7.17. The van der Waals surface area contributed by atoms with E-state index in [9.17, 15) is 4.39 Å². The summed E-state index contributed by atoms with van der Waals surface area (Å²) in [4.78, 5) is 4.17. The fourth-order valence-electron chi connectivity index (χ4n) is 2.31. The number of nitrogens with one attached hydrogen (secondary N) is 2. The SMILES string of the molecule is CCc1nncn1CCNC(=NC)NCCc1cc(Br)ccc1F. The summed E-state index contributed by atoms with van der Waals surface area (Å²) >= 11 is 3.36. The first-order valence-electron chi connectivity index (χ1n) is 7.89. The fourth-order valence-corrected chi connectivity index (χ4v) is 2.71. The monoisotopic (exact) mass is 396 g/mol. The minimum Gasteiger partial charge on any atom is -0.356 e. The van der Waals surface area contributed by atoms with Crippen LogP contribution < -0.4 is 10.6 Å². The molecule has 6 nitrogen and oxygen atoms in total. The van der Waals surface area contributed by atoms with Crippen LogP contribution in [0.4, 0.5) is 4.39 Å². The van der Waals surface area contributed by atoms with Crippen molar-refractivity contribution in [3.05, 3.63) is 46.2 Å². The molecule has 2 aromatic rings. The molecule has 0 saturated heterocycles. The Balaban J connectivity index is 1.75. The minimum atomic E-state index is -0.192. The molecule has 0 bridgehead atoms. The lowest BCUT2D eigenvalue weighted by atomic mass is 10.1. The van der Waals surface area contributed by atoms with Gasteiger partial charge in [-0.1, -0.05) is 22.9 Å². The second-order valence-corrected chi connectivity index (χ2v) is 6.12. The number of hydrogen-bond acceptors (Lipinski definition) is 3. The van der Waals surface area contributed by atoms with Crippen molar-refractivity contribution in [2.45, 2.75) is 26.3 Å². The van der Waals surface area contributed by atoms with E-state index >= 15 is 0 Å². The van der Waals surface area contributed by atoms with E-state index in [1.165, 1.54) is 6.07 Å². The van der Waals surface area contributed by atoms with E-state index in [1.807, 2.05) is 4.57 Å². The number of aromatic nitrogens is 3. The maximum absolute atomic E-state index is 13.7. The van der Waals surface area contributed by atoms with Gasteiger partial charge in [0.2, 0.25) is 0 Å². The number of halogens is 2. The molecular weight excluding hydrogens is 375 g/mol. The van der Waals surface area contributed by atoms with Gasteiger partial charge in [-0.3, -0.25) is 4.99 Å². The largest absolute Gasteiger partial charge is 0.356 e. The van der Waals surface area contributed by atoms with E-state index in [0.717, 1.165) is 23.3 Å². The smallest absolute Gasteiger partial charge is 0.191 e. The van der Waals surface area contributed by atoms with Gasteiger partial charge in [0, 0.05) is 37.6 Å². The van der Waals surface area contributed by atoms with Crippen molar-refractivity contribution in [1.82, 2.24) is 25.4 Å². The van der Waals surface area contributed by atoms with Gasteiger partial charge in [0.25, 0.3) is 0 Å². The van der Waals surface area contributed by atoms with Crippen molar-refractivity contribution in [1.29, 1.82) is 0 Å². The van der Waals surface area contributed by atoms with Crippen molar-refractivity contribution in [2.75, 3.05) is 20.1 Å². The van der Waals surface area contributed by atoms with Crippen LogP contribution in [0.5, 0.6) is 0 Å². The Morgan fingerprint density at radius 2 is 2.12 bits per heavy atom. The maximum atomic E-state index is 13.7. The zero-order valence-corrected chi connectivity index (χ0v) is 15.5. The van der Waals surface area contributed by atoms with Crippen LogP contribution >= 0.6 is 15.9 Å². The first kappa shape index (κ1) is 18.4. The molecule has 1 aromatic carbocycles. The Bertz CT molecular complexity index is 685. The Morgan fingerprint density at radius 3 is 2.88 bits per heavy atom. The van der Waals surface area contributed by atoms with Crippen molar-refractivity contribution in [3.63, 3.8) is 0 Å². The average molecular weight is 397 g/mol. The van der Waals surface area contributed by atoms with Crippen LogP contribution in [0, 0.1) is 5.82 Å². The molecule has 0 fully saturated rings. The van der Waals surface area contributed by atoms with E-state index < -0.39 is 0 Å². The molecule has 8 heteroatoms. The van der Waals surface area contributed by atoms with E-state index in [-0.39, 0.29) is 5.82 Å². The molecule has 0 radical (unpaired) electrons. The van der Waals surface area contributed by atoms with Crippen LogP contribution in [0.3, 0.4) is 0 Å². The summed E-state index contributed by atoms with van der Waals surface area (Å²) in [5.74, 6) is 1.46. The number of hydrogen-bond donors (Lipinski definition) is 2. The van der Waals surface area contributed by atoms with Gasteiger partial charge in [-0.05, 0) is 30.2 Å². The number of aliphatic imine (C=N–C) groups is 1. The number of rotatable bonds is 7. The third-order valence-electron chi connectivity index (χ3n) is 3.58. The van der Waals surface area contributed by atoms with Crippen molar-refractivity contribution in [3.8, 4) is 0 Å². The van der Waals surface area contributed by atoms with E-state index in [2.05, 4.69) is 48.7 Å². The third-order valence-corrected chi connectivity index (χ3v) is 4.07. The van der Waals surface area contributed by atoms with E-state index in [0.29, 0.717) is 31.0 Å². The lowest BCUT2D eigenvalue weighted by Gasteiger charge is -2.13. The quantitative estimate of drug-likeness (QED) is 0.555. The second-order valence-electron chi connectivity index (χ2n) is 5.21. The first-order valence-corrected chi connectivity index (χ1v) is 8.68. The highest BCUT2D eigenvalue weighted by molar-refractivity contribution is 9.10. The normalized spacial score (nSPS) is 11.6. The van der Waals surface area contributed by atoms with Crippen LogP contribution in [0.15, 0.2) is 34.0 Å². The summed E-state index contributed by atoms with van der Waals surface area (Å²) in [5.41, 5.74) is 0.671. The van der Waals surface area contributed by atoms with Gasteiger partial charge in [0.1, 0.15) is 18.0 Å². The molecule has 0 aliphatic heterocycles. The molecule has 1 heterocycles. The standard InChI is InChI=1S/C16H22BrFN6/c1-3-15-23-22-11-24(15)9-8-21-16(19-2)20-7-6-12-10-13(17)4-5-14(12)18/h4-5,10-11H,3,6-9H2,1-2H3,(H2,19,20,21). The zero-order valence-electron chi connectivity index (χ0n) is 13.9. The average Bonchev–Trinajstić information content (AvgIpc) is 3.04. The Hall–Kier alpha value is -1.96. The lowest BCUT2D eigenvalue weighted by molar-refractivity contribution is 0.605. The highest BCUT2D eigenvalue weighted by Crippen LogP contribution is 2.15. The van der Waals surface area contributed by atoms with Crippen molar-refractivity contribution in [2.24, 2.45) is 4.99 Å². The molecule has 0 saturated carbocycles. The lowest BCUT2D eigenvalue weighted by Crippen LogP contribution is -2.39. The number of aryl methyl sites for hydroxylation is 1. The van der Waals surface area contributed by atoms with Gasteiger partial charge in [0.15, 0.2) is 5.96 Å². The predicted molar refractivity (Wildman–Crippen MR) is 96.6 cm³/mol. The summed E-state index contributed by atoms with van der Waals surface area (Å²) in [6.45, 7) is 4.11. The summed E-state index contributed by atoms with van der Waals surface area (Å²) in [6, 6.07) is 4.96. The molecule has 0 aliphatic rings. The highest BCUT2D eigenvalue weighted by Gasteiger charge is 2.05. The molecule has 1 aromatic heterocycles. The van der Waals surface area contributed by atoms with Gasteiger partial charge < -0.3 is 15.2 Å². The molecule has 2 N–H and O–H groups in total. The predicted octanol–water partition coefficient (Wildman–Crippen LogP) is 2.15. The minimum absolute atomic E-state index is 0.192. The van der Waals surface area contributed by atoms with Crippen LogP contribution in [-0.4, -0.2) is 40.9 Å². The van der Waals surface area contributed by atoms with Crippen molar-refractivity contribution >= 4 is 21.9 Å². The van der Waals surface area contributed by atoms with Gasteiger partial charge in [-0.15, -0.1) is 10.2 Å². The summed E-state index contributed by atoms with van der Waals surface area (Å²) in [6.07, 6.45) is 3.16. The summed E-state index contributed by atoms with van der Waals surface area (Å²) in [7, 11) is 1.71. The second kappa shape index (κ2) is 9.36. The molecule has 130 valence electrons. The van der Waals surface area contributed by atoms with E-state index in [4.69, 9.17) is 0 Å². The summed E-state index contributed by atoms with van der Waals surface area (Å²) in [5, 5.41) is 14.4. The number of benzene rings is 1. The van der Waals surface area contributed by atoms with Gasteiger partial charge in [0.05, 0.1) is 0 Å². The molecular formula is C16H22BrFN6. The van der Waals surface area contributed by atoms with Crippen molar-refractivity contribution < 1.29 is 4.39 Å².